The lowest BCUT2D eigenvalue weighted by molar-refractivity contribution is -0.120. The van der Waals surface area contributed by atoms with E-state index in [2.05, 4.69) is 27.2 Å². The number of amides is 2. The van der Waals surface area contributed by atoms with E-state index < -0.39 is 17.6 Å². The zero-order chi connectivity index (χ0) is 22.8. The molecule has 1 aromatic heterocycles. The molecule has 0 unspecified atom stereocenters. The third-order valence-corrected chi connectivity index (χ3v) is 4.46. The molecule has 1 aliphatic heterocycles. The molecule has 164 valence electrons. The molecule has 0 spiro atoms. The van der Waals surface area contributed by atoms with Gasteiger partial charge in [-0.1, -0.05) is 25.7 Å². The first-order valence-corrected chi connectivity index (χ1v) is 10.0. The quantitative estimate of drug-likeness (QED) is 0.713. The van der Waals surface area contributed by atoms with Gasteiger partial charge in [0.15, 0.2) is 0 Å². The fraction of sp³-hybridized carbons (Fsp3) is 0.455. The van der Waals surface area contributed by atoms with Gasteiger partial charge in [0.05, 0.1) is 5.69 Å². The van der Waals surface area contributed by atoms with Crippen LogP contribution >= 0.6 is 0 Å². The Bertz CT molecular complexity index is 1040. The van der Waals surface area contributed by atoms with Crippen molar-refractivity contribution in [2.75, 3.05) is 18.6 Å². The van der Waals surface area contributed by atoms with E-state index in [-0.39, 0.29) is 18.3 Å². The van der Waals surface area contributed by atoms with E-state index in [1.54, 1.807) is 43.8 Å². The lowest BCUT2D eigenvalue weighted by atomic mass is 10.1. The predicted octanol–water partition coefficient (Wildman–Crippen LogP) is 1.21. The second-order valence-electron chi connectivity index (χ2n) is 8.41. The van der Waals surface area contributed by atoms with Gasteiger partial charge in [-0.05, 0) is 38.0 Å². The topological polar surface area (TPSA) is 110 Å². The van der Waals surface area contributed by atoms with Crippen LogP contribution < -0.4 is 15.0 Å². The number of rotatable bonds is 4. The van der Waals surface area contributed by atoms with Crippen LogP contribution in [0.4, 0.5) is 5.69 Å². The number of aliphatic hydroxyl groups is 1. The SMILES string of the molecule is CC(C)Cn1cnc(C(=O)N[C@@H]2COc3ccc(C#CC(C)(C)O)cc3N(C)C2=O)n1. The monoisotopic (exact) mass is 425 g/mol. The van der Waals surface area contributed by atoms with Crippen molar-refractivity contribution in [1.82, 2.24) is 20.1 Å². The molecule has 0 aliphatic carbocycles. The van der Waals surface area contributed by atoms with Crippen LogP contribution in [0.15, 0.2) is 24.5 Å². The van der Waals surface area contributed by atoms with E-state index >= 15 is 0 Å². The van der Waals surface area contributed by atoms with Crippen LogP contribution in [0, 0.1) is 17.8 Å². The number of nitrogens with one attached hydrogen (secondary N) is 1. The molecule has 0 radical (unpaired) electrons. The number of ether oxygens (including phenoxy) is 1. The smallest absolute Gasteiger partial charge is 0.291 e. The van der Waals surface area contributed by atoms with Gasteiger partial charge in [-0.3, -0.25) is 14.3 Å². The maximum absolute atomic E-state index is 13.0. The molecule has 9 heteroatoms. The molecule has 31 heavy (non-hydrogen) atoms. The minimum atomic E-state index is -1.13. The van der Waals surface area contributed by atoms with Gasteiger partial charge in [-0.2, -0.15) is 0 Å². The second kappa shape index (κ2) is 8.78. The molecule has 1 aromatic carbocycles. The Balaban J connectivity index is 1.75. The highest BCUT2D eigenvalue weighted by Crippen LogP contribution is 2.31. The van der Waals surface area contributed by atoms with E-state index in [4.69, 9.17) is 4.74 Å². The molecule has 0 saturated heterocycles. The zero-order valence-corrected chi connectivity index (χ0v) is 18.3. The molecule has 0 fully saturated rings. The Labute approximate surface area is 181 Å². The third-order valence-electron chi connectivity index (χ3n) is 4.46. The number of nitrogens with zero attached hydrogens (tertiary/aromatic N) is 4. The van der Waals surface area contributed by atoms with E-state index in [1.807, 2.05) is 13.8 Å². The van der Waals surface area contributed by atoms with Gasteiger partial charge in [0.1, 0.15) is 30.3 Å². The van der Waals surface area contributed by atoms with E-state index in [0.717, 1.165) is 0 Å². The Morgan fingerprint density at radius 1 is 1.42 bits per heavy atom. The third kappa shape index (κ3) is 5.61. The van der Waals surface area contributed by atoms with Crippen molar-refractivity contribution < 1.29 is 19.4 Å². The van der Waals surface area contributed by atoms with Crippen molar-refractivity contribution in [2.24, 2.45) is 5.92 Å². The van der Waals surface area contributed by atoms with Crippen LogP contribution in [0.5, 0.6) is 5.75 Å². The normalized spacial score (nSPS) is 16.2. The zero-order valence-electron chi connectivity index (χ0n) is 18.3. The van der Waals surface area contributed by atoms with Gasteiger partial charge < -0.3 is 20.1 Å². The standard InChI is InChI=1S/C22H27N5O4/c1-14(2)11-27-13-23-19(25-27)20(28)24-16-12-31-18-7-6-15(8-9-22(3,4)30)10-17(18)26(5)21(16)29/h6-7,10,13-14,16,30H,11-12H2,1-5H3,(H,24,28)/t16-/m1/s1. The maximum atomic E-state index is 13.0. The summed E-state index contributed by atoms with van der Waals surface area (Å²) in [6.45, 7) is 7.88. The summed E-state index contributed by atoms with van der Waals surface area (Å²) < 4.78 is 7.38. The minimum Gasteiger partial charge on any atom is -0.489 e. The lowest BCUT2D eigenvalue weighted by Crippen LogP contribution is -2.49. The molecule has 0 bridgehead atoms. The molecule has 1 atom stereocenters. The van der Waals surface area contributed by atoms with Crippen LogP contribution in [-0.2, 0) is 11.3 Å². The largest absolute Gasteiger partial charge is 0.489 e. The van der Waals surface area contributed by atoms with Crippen molar-refractivity contribution >= 4 is 17.5 Å². The number of likely N-dealkylation sites (N-methyl/N-ethyl adjacent to an activating group) is 1. The van der Waals surface area contributed by atoms with E-state index in [1.165, 1.54) is 11.2 Å². The number of fused-ring (bicyclic) bond motifs is 1. The summed E-state index contributed by atoms with van der Waals surface area (Å²) in [6.07, 6.45) is 1.50. The molecule has 2 N–H and O–H groups in total. The minimum absolute atomic E-state index is 0.00189. The molecule has 0 saturated carbocycles. The highest BCUT2D eigenvalue weighted by atomic mass is 16.5. The van der Waals surface area contributed by atoms with Crippen molar-refractivity contribution in [3.8, 4) is 17.6 Å². The van der Waals surface area contributed by atoms with Crippen molar-refractivity contribution in [3.05, 3.63) is 35.9 Å². The Morgan fingerprint density at radius 3 is 2.84 bits per heavy atom. The fourth-order valence-corrected chi connectivity index (χ4v) is 2.99. The van der Waals surface area contributed by atoms with Crippen LogP contribution in [0.2, 0.25) is 0 Å². The summed E-state index contributed by atoms with van der Waals surface area (Å²) in [5.41, 5.74) is 0.0338. The molecule has 2 aromatic rings. The summed E-state index contributed by atoms with van der Waals surface area (Å²) in [5, 5.41) is 16.6. The summed E-state index contributed by atoms with van der Waals surface area (Å²) in [6, 6.07) is 4.28. The molecule has 9 nitrogen and oxygen atoms in total. The van der Waals surface area contributed by atoms with Gasteiger partial charge in [-0.25, -0.2) is 4.98 Å². The molecule has 3 rings (SSSR count). The van der Waals surface area contributed by atoms with Gasteiger partial charge in [0, 0.05) is 19.2 Å². The number of aromatic nitrogens is 3. The number of anilines is 1. The van der Waals surface area contributed by atoms with Crippen molar-refractivity contribution in [2.45, 2.75) is 45.9 Å². The Morgan fingerprint density at radius 2 is 2.16 bits per heavy atom. The predicted molar refractivity (Wildman–Crippen MR) is 115 cm³/mol. The Hall–Kier alpha value is -3.38. The molecular formula is C22H27N5O4. The van der Waals surface area contributed by atoms with E-state index in [9.17, 15) is 14.7 Å². The van der Waals surface area contributed by atoms with Crippen LogP contribution in [0.1, 0.15) is 43.9 Å². The molecule has 1 aliphatic rings. The highest BCUT2D eigenvalue weighted by Gasteiger charge is 2.31. The van der Waals surface area contributed by atoms with Gasteiger partial charge >= 0.3 is 0 Å². The average Bonchev–Trinajstić information content (AvgIpc) is 3.11. The van der Waals surface area contributed by atoms with E-state index in [0.29, 0.717) is 29.5 Å². The fourth-order valence-electron chi connectivity index (χ4n) is 2.99. The lowest BCUT2D eigenvalue weighted by Gasteiger charge is -2.20. The second-order valence-corrected chi connectivity index (χ2v) is 8.41. The number of hydrogen-bond donors (Lipinski definition) is 2. The number of hydrogen-bond acceptors (Lipinski definition) is 6. The Kier molecular flexibility index (Phi) is 6.32. The van der Waals surface area contributed by atoms with Gasteiger partial charge in [-0.15, -0.1) is 5.10 Å². The molecule has 2 amide bonds. The highest BCUT2D eigenvalue weighted by molar-refractivity contribution is 6.02. The summed E-state index contributed by atoms with van der Waals surface area (Å²) in [5.74, 6) is 5.62. The van der Waals surface area contributed by atoms with Crippen molar-refractivity contribution in [3.63, 3.8) is 0 Å². The van der Waals surface area contributed by atoms with Gasteiger partial charge in [0.2, 0.25) is 5.82 Å². The molecular weight excluding hydrogens is 398 g/mol. The first-order valence-electron chi connectivity index (χ1n) is 10.0. The average molecular weight is 425 g/mol. The first kappa shape index (κ1) is 22.3. The maximum Gasteiger partial charge on any atom is 0.291 e. The molecule has 2 heterocycles. The first-order chi connectivity index (χ1) is 14.5. The van der Waals surface area contributed by atoms with Crippen LogP contribution in [0.25, 0.3) is 0 Å². The number of carbonyl (C=O) groups is 2. The van der Waals surface area contributed by atoms with Gasteiger partial charge in [0.25, 0.3) is 11.8 Å². The number of benzene rings is 1. The van der Waals surface area contributed by atoms with Crippen molar-refractivity contribution in [1.29, 1.82) is 0 Å². The number of carbonyl (C=O) groups excluding carboxylic acids is 2. The summed E-state index contributed by atoms with van der Waals surface area (Å²) in [7, 11) is 1.61. The summed E-state index contributed by atoms with van der Waals surface area (Å²) >= 11 is 0. The van der Waals surface area contributed by atoms with Crippen LogP contribution in [-0.4, -0.2) is 57.0 Å². The summed E-state index contributed by atoms with van der Waals surface area (Å²) in [4.78, 5) is 31.0. The van der Waals surface area contributed by atoms with Crippen LogP contribution in [0.3, 0.4) is 0 Å².